The van der Waals surface area contributed by atoms with Crippen molar-refractivity contribution >= 4 is 0 Å². The molecule has 0 atom stereocenters. The summed E-state index contributed by atoms with van der Waals surface area (Å²) in [7, 11) is 0. The van der Waals surface area contributed by atoms with Crippen LogP contribution in [-0.2, 0) is 6.54 Å². The second-order valence-corrected chi connectivity index (χ2v) is 4.22. The van der Waals surface area contributed by atoms with Gasteiger partial charge in [0.25, 0.3) is 0 Å². The zero-order chi connectivity index (χ0) is 13.1. The standard InChI is InChI=1S/C15H14N4/c16-9-13-3-1-2-4-14(13)19-11-18-10-15(19)12-5-7-17-8-6-12/h1-8,10-11H,9,16H2. The van der Waals surface area contributed by atoms with Gasteiger partial charge in [0.05, 0.1) is 23.9 Å². The maximum Gasteiger partial charge on any atom is 0.0997 e. The smallest absolute Gasteiger partial charge is 0.0997 e. The Balaban J connectivity index is 2.15. The fraction of sp³-hybridized carbons (Fsp3) is 0.0667. The Bertz CT molecular complexity index is 673. The lowest BCUT2D eigenvalue weighted by atomic mass is 10.1. The zero-order valence-electron chi connectivity index (χ0n) is 10.4. The third-order valence-electron chi connectivity index (χ3n) is 3.09. The highest BCUT2D eigenvalue weighted by molar-refractivity contribution is 5.62. The summed E-state index contributed by atoms with van der Waals surface area (Å²) in [5.41, 5.74) is 10.1. The van der Waals surface area contributed by atoms with Gasteiger partial charge in [0.1, 0.15) is 0 Å². The molecular weight excluding hydrogens is 236 g/mol. The first-order chi connectivity index (χ1) is 9.40. The second kappa shape index (κ2) is 5.04. The number of hydrogen-bond donors (Lipinski definition) is 1. The van der Waals surface area contributed by atoms with Crippen LogP contribution in [0.25, 0.3) is 16.9 Å². The lowest BCUT2D eigenvalue weighted by Crippen LogP contribution is -2.04. The van der Waals surface area contributed by atoms with E-state index in [2.05, 4.69) is 20.6 Å². The van der Waals surface area contributed by atoms with Crippen molar-refractivity contribution in [2.75, 3.05) is 0 Å². The first-order valence-corrected chi connectivity index (χ1v) is 6.11. The van der Waals surface area contributed by atoms with E-state index in [9.17, 15) is 0 Å². The van der Waals surface area contributed by atoms with Crippen LogP contribution in [0, 0.1) is 0 Å². The highest BCUT2D eigenvalue weighted by Crippen LogP contribution is 2.23. The summed E-state index contributed by atoms with van der Waals surface area (Å²) in [6, 6.07) is 12.0. The lowest BCUT2D eigenvalue weighted by Gasteiger charge is -2.12. The molecule has 2 N–H and O–H groups in total. The molecule has 3 aromatic rings. The van der Waals surface area contributed by atoms with E-state index in [-0.39, 0.29) is 0 Å². The van der Waals surface area contributed by atoms with Gasteiger partial charge in [-0.2, -0.15) is 0 Å². The van der Waals surface area contributed by atoms with E-state index < -0.39 is 0 Å². The Morgan fingerprint density at radius 2 is 1.79 bits per heavy atom. The molecule has 2 aromatic heterocycles. The van der Waals surface area contributed by atoms with Crippen LogP contribution in [0.5, 0.6) is 0 Å². The van der Waals surface area contributed by atoms with E-state index in [0.29, 0.717) is 6.54 Å². The number of nitrogens with zero attached hydrogens (tertiary/aromatic N) is 3. The normalized spacial score (nSPS) is 10.6. The molecule has 0 unspecified atom stereocenters. The topological polar surface area (TPSA) is 56.7 Å². The zero-order valence-corrected chi connectivity index (χ0v) is 10.4. The molecule has 4 heteroatoms. The number of aromatic nitrogens is 3. The summed E-state index contributed by atoms with van der Waals surface area (Å²) >= 11 is 0. The molecule has 19 heavy (non-hydrogen) atoms. The van der Waals surface area contributed by atoms with E-state index in [1.807, 2.05) is 42.9 Å². The van der Waals surface area contributed by atoms with Gasteiger partial charge in [-0.1, -0.05) is 18.2 Å². The van der Waals surface area contributed by atoms with E-state index in [1.54, 1.807) is 12.4 Å². The second-order valence-electron chi connectivity index (χ2n) is 4.22. The van der Waals surface area contributed by atoms with Crippen molar-refractivity contribution in [1.29, 1.82) is 0 Å². The molecule has 2 heterocycles. The minimum atomic E-state index is 0.504. The molecule has 0 radical (unpaired) electrons. The molecule has 94 valence electrons. The average molecular weight is 250 g/mol. The van der Waals surface area contributed by atoms with Gasteiger partial charge >= 0.3 is 0 Å². The van der Waals surface area contributed by atoms with Crippen LogP contribution in [0.15, 0.2) is 61.3 Å². The van der Waals surface area contributed by atoms with E-state index in [0.717, 1.165) is 22.5 Å². The Kier molecular flexibility index (Phi) is 3.08. The molecule has 0 bridgehead atoms. The lowest BCUT2D eigenvalue weighted by molar-refractivity contribution is 0.986. The van der Waals surface area contributed by atoms with Crippen LogP contribution in [0.3, 0.4) is 0 Å². The number of para-hydroxylation sites is 1. The number of pyridine rings is 1. The van der Waals surface area contributed by atoms with E-state index in [1.165, 1.54) is 0 Å². The minimum absolute atomic E-state index is 0.504. The molecule has 0 aliphatic carbocycles. The van der Waals surface area contributed by atoms with Crippen molar-refractivity contribution in [1.82, 2.24) is 14.5 Å². The van der Waals surface area contributed by atoms with Crippen molar-refractivity contribution in [2.24, 2.45) is 5.73 Å². The predicted molar refractivity (Wildman–Crippen MR) is 74.7 cm³/mol. The van der Waals surface area contributed by atoms with Gasteiger partial charge in [-0.3, -0.25) is 9.55 Å². The van der Waals surface area contributed by atoms with Crippen LogP contribution in [0.2, 0.25) is 0 Å². The summed E-state index contributed by atoms with van der Waals surface area (Å²) in [6.07, 6.45) is 7.22. The van der Waals surface area contributed by atoms with E-state index >= 15 is 0 Å². The number of imidazole rings is 1. The molecule has 0 saturated heterocycles. The van der Waals surface area contributed by atoms with Crippen molar-refractivity contribution in [3.8, 4) is 16.9 Å². The van der Waals surface area contributed by atoms with Crippen molar-refractivity contribution < 1.29 is 0 Å². The first kappa shape index (κ1) is 11.6. The molecule has 0 saturated carbocycles. The summed E-state index contributed by atoms with van der Waals surface area (Å²) < 4.78 is 2.05. The molecule has 0 aliphatic rings. The van der Waals surface area contributed by atoms with Crippen LogP contribution in [0.4, 0.5) is 0 Å². The fourth-order valence-corrected chi connectivity index (χ4v) is 2.14. The molecule has 0 fully saturated rings. The molecule has 0 aliphatic heterocycles. The molecule has 0 amide bonds. The maximum absolute atomic E-state index is 5.80. The molecular formula is C15H14N4. The molecule has 1 aromatic carbocycles. The summed E-state index contributed by atoms with van der Waals surface area (Å²) in [4.78, 5) is 8.29. The molecule has 4 nitrogen and oxygen atoms in total. The highest BCUT2D eigenvalue weighted by Gasteiger charge is 2.09. The largest absolute Gasteiger partial charge is 0.326 e. The van der Waals surface area contributed by atoms with Gasteiger partial charge in [-0.15, -0.1) is 0 Å². The summed E-state index contributed by atoms with van der Waals surface area (Å²) in [6.45, 7) is 0.504. The molecule has 3 rings (SSSR count). The average Bonchev–Trinajstić information content (AvgIpc) is 2.97. The van der Waals surface area contributed by atoms with Crippen LogP contribution >= 0.6 is 0 Å². The monoisotopic (exact) mass is 250 g/mol. The quantitative estimate of drug-likeness (QED) is 0.776. The predicted octanol–water partition coefficient (Wildman–Crippen LogP) is 2.39. The Hall–Kier alpha value is -2.46. The van der Waals surface area contributed by atoms with Crippen LogP contribution in [0.1, 0.15) is 5.56 Å². The third kappa shape index (κ3) is 2.13. The Morgan fingerprint density at radius 1 is 1.00 bits per heavy atom. The number of benzene rings is 1. The fourth-order valence-electron chi connectivity index (χ4n) is 2.14. The van der Waals surface area contributed by atoms with Crippen LogP contribution < -0.4 is 5.73 Å². The van der Waals surface area contributed by atoms with Gasteiger partial charge < -0.3 is 5.73 Å². The van der Waals surface area contributed by atoms with Gasteiger partial charge in [0.2, 0.25) is 0 Å². The summed E-state index contributed by atoms with van der Waals surface area (Å²) in [5.74, 6) is 0. The SMILES string of the molecule is NCc1ccccc1-n1cncc1-c1ccncc1. The van der Waals surface area contributed by atoms with Gasteiger partial charge in [-0.25, -0.2) is 4.98 Å². The minimum Gasteiger partial charge on any atom is -0.326 e. The van der Waals surface area contributed by atoms with Gasteiger partial charge in [0.15, 0.2) is 0 Å². The Morgan fingerprint density at radius 3 is 2.58 bits per heavy atom. The third-order valence-corrected chi connectivity index (χ3v) is 3.09. The van der Waals surface area contributed by atoms with Crippen molar-refractivity contribution in [3.05, 3.63) is 66.9 Å². The summed E-state index contributed by atoms with van der Waals surface area (Å²) in [5, 5.41) is 0. The van der Waals surface area contributed by atoms with Crippen molar-refractivity contribution in [2.45, 2.75) is 6.54 Å². The number of rotatable bonds is 3. The molecule has 0 spiro atoms. The van der Waals surface area contributed by atoms with Crippen molar-refractivity contribution in [3.63, 3.8) is 0 Å². The highest BCUT2D eigenvalue weighted by atomic mass is 15.1. The maximum atomic E-state index is 5.80. The first-order valence-electron chi connectivity index (χ1n) is 6.11. The number of hydrogen-bond acceptors (Lipinski definition) is 3. The van der Waals surface area contributed by atoms with Crippen LogP contribution in [-0.4, -0.2) is 14.5 Å². The van der Waals surface area contributed by atoms with Gasteiger partial charge in [-0.05, 0) is 23.8 Å². The van der Waals surface area contributed by atoms with E-state index in [4.69, 9.17) is 5.73 Å². The number of nitrogens with two attached hydrogens (primary N) is 1. The van der Waals surface area contributed by atoms with Gasteiger partial charge in [0, 0.05) is 24.5 Å². The Labute approximate surface area is 111 Å².